The molecule has 0 aromatic heterocycles. The molecule has 0 aromatic rings. The lowest BCUT2D eigenvalue weighted by Crippen LogP contribution is -2.32. The smallest absolute Gasteiger partial charge is 0.220 e. The highest BCUT2D eigenvalue weighted by atomic mass is 32.2. The van der Waals surface area contributed by atoms with Gasteiger partial charge < -0.3 is 0 Å². The van der Waals surface area contributed by atoms with Crippen molar-refractivity contribution >= 4 is 9.84 Å². The van der Waals surface area contributed by atoms with Gasteiger partial charge in [0.2, 0.25) is 9.84 Å². The molecule has 0 aliphatic heterocycles. The lowest BCUT2D eigenvalue weighted by molar-refractivity contribution is -0.0441. The lowest BCUT2D eigenvalue weighted by Gasteiger charge is -2.18. The SMILES string of the molecule is CC(C)(C)CS(=O)(=O)C(F)(F)F. The van der Waals surface area contributed by atoms with E-state index >= 15 is 0 Å². The Morgan fingerprint density at radius 3 is 1.50 bits per heavy atom. The number of alkyl halides is 3. The molecule has 0 aliphatic rings. The first-order valence-electron chi connectivity index (χ1n) is 3.25. The minimum atomic E-state index is -5.12. The Morgan fingerprint density at radius 2 is 1.42 bits per heavy atom. The topological polar surface area (TPSA) is 34.1 Å². The zero-order valence-corrected chi connectivity index (χ0v) is 7.88. The van der Waals surface area contributed by atoms with Crippen molar-refractivity contribution in [2.24, 2.45) is 5.41 Å². The molecule has 0 spiro atoms. The second kappa shape index (κ2) is 2.90. The fourth-order valence-corrected chi connectivity index (χ4v) is 1.96. The molecule has 0 fully saturated rings. The predicted molar refractivity (Wildman–Crippen MR) is 39.3 cm³/mol. The summed E-state index contributed by atoms with van der Waals surface area (Å²) in [4.78, 5) is 0. The van der Waals surface area contributed by atoms with Crippen molar-refractivity contribution in [1.29, 1.82) is 0 Å². The van der Waals surface area contributed by atoms with Gasteiger partial charge in [-0.2, -0.15) is 13.2 Å². The van der Waals surface area contributed by atoms with E-state index in [1.54, 1.807) is 0 Å². The monoisotopic (exact) mass is 204 g/mol. The van der Waals surface area contributed by atoms with Crippen LogP contribution in [0.5, 0.6) is 0 Å². The summed E-state index contributed by atoms with van der Waals surface area (Å²) in [6.45, 7) is 4.32. The second-order valence-electron chi connectivity index (χ2n) is 3.77. The van der Waals surface area contributed by atoms with E-state index < -0.39 is 26.5 Å². The standard InChI is InChI=1S/C6H11F3O2S/c1-5(2,3)4-12(10,11)6(7,8)9/h4H2,1-3H3. The van der Waals surface area contributed by atoms with Crippen LogP contribution in [0, 0.1) is 5.41 Å². The van der Waals surface area contributed by atoms with Gasteiger partial charge in [0.25, 0.3) is 0 Å². The van der Waals surface area contributed by atoms with Gasteiger partial charge in [-0.25, -0.2) is 8.42 Å². The highest BCUT2D eigenvalue weighted by Gasteiger charge is 2.47. The van der Waals surface area contributed by atoms with E-state index in [9.17, 15) is 21.6 Å². The van der Waals surface area contributed by atoms with Gasteiger partial charge in [-0.1, -0.05) is 20.8 Å². The fourth-order valence-electron chi connectivity index (χ4n) is 0.652. The van der Waals surface area contributed by atoms with Crippen LogP contribution in [0.4, 0.5) is 13.2 Å². The van der Waals surface area contributed by atoms with E-state index in [0.717, 1.165) is 0 Å². The van der Waals surface area contributed by atoms with Crippen molar-refractivity contribution in [2.45, 2.75) is 26.3 Å². The maximum absolute atomic E-state index is 11.8. The van der Waals surface area contributed by atoms with Crippen LogP contribution in [0.1, 0.15) is 20.8 Å². The summed E-state index contributed by atoms with van der Waals surface area (Å²) >= 11 is 0. The van der Waals surface area contributed by atoms with Gasteiger partial charge >= 0.3 is 5.51 Å². The summed E-state index contributed by atoms with van der Waals surface area (Å²) in [5, 5.41) is 0. The summed E-state index contributed by atoms with van der Waals surface area (Å²) in [5.41, 5.74) is -5.99. The highest BCUT2D eigenvalue weighted by molar-refractivity contribution is 7.92. The molecule has 12 heavy (non-hydrogen) atoms. The molecule has 0 amide bonds. The van der Waals surface area contributed by atoms with E-state index in [2.05, 4.69) is 0 Å². The van der Waals surface area contributed by atoms with Crippen molar-refractivity contribution in [3.63, 3.8) is 0 Å². The minimum absolute atomic E-state index is 0.867. The molecule has 0 bridgehead atoms. The van der Waals surface area contributed by atoms with Gasteiger partial charge in [0.1, 0.15) is 0 Å². The van der Waals surface area contributed by atoms with Crippen LogP contribution in [-0.4, -0.2) is 19.7 Å². The molecular formula is C6H11F3O2S. The molecule has 6 heteroatoms. The Labute approximate surface area is 69.7 Å². The first kappa shape index (κ1) is 11.7. The molecular weight excluding hydrogens is 193 g/mol. The van der Waals surface area contributed by atoms with Crippen molar-refractivity contribution in [2.75, 3.05) is 5.75 Å². The Bertz CT molecular complexity index is 245. The maximum Gasteiger partial charge on any atom is 0.497 e. The van der Waals surface area contributed by atoms with E-state index in [1.165, 1.54) is 20.8 Å². The van der Waals surface area contributed by atoms with Gasteiger partial charge in [-0.15, -0.1) is 0 Å². The summed E-state index contributed by atoms with van der Waals surface area (Å²) in [6.07, 6.45) is 0. The van der Waals surface area contributed by atoms with Gasteiger partial charge in [0, 0.05) is 0 Å². The van der Waals surface area contributed by atoms with Gasteiger partial charge in [0.15, 0.2) is 0 Å². The van der Waals surface area contributed by atoms with Gasteiger partial charge in [0.05, 0.1) is 5.75 Å². The average molecular weight is 204 g/mol. The molecule has 0 atom stereocenters. The van der Waals surface area contributed by atoms with Crippen LogP contribution in [-0.2, 0) is 9.84 Å². The summed E-state index contributed by atoms with van der Waals surface area (Å²) in [7, 11) is -4.96. The summed E-state index contributed by atoms with van der Waals surface area (Å²) in [5.74, 6) is -0.872. The third-order valence-electron chi connectivity index (χ3n) is 0.976. The fraction of sp³-hybridized carbons (Fsp3) is 1.00. The Hall–Kier alpha value is -0.260. The summed E-state index contributed by atoms with van der Waals surface area (Å²) in [6, 6.07) is 0. The average Bonchev–Trinajstić information content (AvgIpc) is 1.52. The van der Waals surface area contributed by atoms with E-state index in [-0.39, 0.29) is 0 Å². The zero-order valence-electron chi connectivity index (χ0n) is 7.07. The van der Waals surface area contributed by atoms with Crippen LogP contribution >= 0.6 is 0 Å². The molecule has 74 valence electrons. The molecule has 0 heterocycles. The Morgan fingerprint density at radius 1 is 1.08 bits per heavy atom. The van der Waals surface area contributed by atoms with E-state index in [4.69, 9.17) is 0 Å². The van der Waals surface area contributed by atoms with Gasteiger partial charge in [-0.05, 0) is 5.41 Å². The highest BCUT2D eigenvalue weighted by Crippen LogP contribution is 2.29. The number of hydrogen-bond donors (Lipinski definition) is 0. The molecule has 0 radical (unpaired) electrons. The first-order chi connectivity index (χ1) is 4.96. The molecule has 0 aromatic carbocycles. The molecule has 0 saturated heterocycles. The number of sulfone groups is 1. The molecule has 0 rings (SSSR count). The van der Waals surface area contributed by atoms with Crippen LogP contribution in [0.3, 0.4) is 0 Å². The zero-order chi connectivity index (χ0) is 10.2. The number of rotatable bonds is 1. The van der Waals surface area contributed by atoms with Crippen molar-refractivity contribution in [1.82, 2.24) is 0 Å². The molecule has 2 nitrogen and oxygen atoms in total. The molecule has 0 unspecified atom stereocenters. The number of hydrogen-bond acceptors (Lipinski definition) is 2. The lowest BCUT2D eigenvalue weighted by atomic mass is 10.0. The number of halogens is 3. The van der Waals surface area contributed by atoms with Crippen molar-refractivity contribution < 1.29 is 21.6 Å². The minimum Gasteiger partial charge on any atom is -0.220 e. The third-order valence-corrected chi connectivity index (χ3v) is 2.93. The Balaban J connectivity index is 4.70. The maximum atomic E-state index is 11.8. The van der Waals surface area contributed by atoms with E-state index in [0.29, 0.717) is 0 Å². The molecule has 0 N–H and O–H groups in total. The predicted octanol–water partition coefficient (Wildman–Crippen LogP) is 1.97. The largest absolute Gasteiger partial charge is 0.497 e. The van der Waals surface area contributed by atoms with Crippen LogP contribution < -0.4 is 0 Å². The van der Waals surface area contributed by atoms with Crippen LogP contribution in [0.25, 0.3) is 0 Å². The van der Waals surface area contributed by atoms with Crippen LogP contribution in [0.15, 0.2) is 0 Å². The van der Waals surface area contributed by atoms with Crippen LogP contribution in [0.2, 0.25) is 0 Å². The van der Waals surface area contributed by atoms with Crippen molar-refractivity contribution in [3.8, 4) is 0 Å². The van der Waals surface area contributed by atoms with Gasteiger partial charge in [-0.3, -0.25) is 0 Å². The third kappa shape index (κ3) is 3.42. The molecule has 0 aliphatic carbocycles. The van der Waals surface area contributed by atoms with E-state index in [1.807, 2.05) is 0 Å². The normalized spacial score (nSPS) is 14.8. The summed E-state index contributed by atoms with van der Waals surface area (Å²) < 4.78 is 56.4. The Kier molecular flexibility index (Phi) is 2.84. The first-order valence-corrected chi connectivity index (χ1v) is 4.90. The quantitative estimate of drug-likeness (QED) is 0.654. The molecule has 0 saturated carbocycles. The second-order valence-corrected chi connectivity index (χ2v) is 5.75. The van der Waals surface area contributed by atoms with Crippen molar-refractivity contribution in [3.05, 3.63) is 0 Å².